The summed E-state index contributed by atoms with van der Waals surface area (Å²) in [6.45, 7) is 0.218. The predicted octanol–water partition coefficient (Wildman–Crippen LogP) is -0.297. The summed E-state index contributed by atoms with van der Waals surface area (Å²) in [4.78, 5) is 21.6. The Morgan fingerprint density at radius 1 is 1.26 bits per heavy atom. The fourth-order valence-corrected chi connectivity index (χ4v) is 2.26. The van der Waals surface area contributed by atoms with Crippen LogP contribution in [0.2, 0.25) is 0 Å². The molecule has 0 aromatic carbocycles. The zero-order chi connectivity index (χ0) is 16.8. The van der Waals surface area contributed by atoms with Gasteiger partial charge >= 0.3 is 0 Å². The van der Waals surface area contributed by atoms with Gasteiger partial charge in [-0.15, -0.1) is 0 Å². The second-order valence-electron chi connectivity index (χ2n) is 4.75. The van der Waals surface area contributed by atoms with Crippen molar-refractivity contribution >= 4 is 17.0 Å². The van der Waals surface area contributed by atoms with E-state index in [2.05, 4.69) is 25.2 Å². The highest BCUT2D eigenvalue weighted by Crippen LogP contribution is 2.23. The van der Waals surface area contributed by atoms with E-state index in [1.54, 1.807) is 7.05 Å². The van der Waals surface area contributed by atoms with Crippen molar-refractivity contribution in [3.63, 3.8) is 0 Å². The van der Waals surface area contributed by atoms with Crippen molar-refractivity contribution in [2.45, 2.75) is 24.9 Å². The molecule has 128 valence electrons. The standard InChI is InChI=1S/C13H21N5O5/c1-14-11-9-12(16-6-15-11)18(7-17-9)13(20)10(19)8(21-2)4-5-23-22-3/h6-8,10,13,19-20H,4-5H2,1-3H3,(H,14,15,16). The molecule has 0 aliphatic rings. The Morgan fingerprint density at radius 3 is 2.70 bits per heavy atom. The fourth-order valence-electron chi connectivity index (χ4n) is 2.26. The molecular formula is C13H21N5O5. The summed E-state index contributed by atoms with van der Waals surface area (Å²) in [5, 5.41) is 23.7. The van der Waals surface area contributed by atoms with Gasteiger partial charge in [0, 0.05) is 20.6 Å². The molecule has 2 heterocycles. The van der Waals surface area contributed by atoms with Gasteiger partial charge in [-0.1, -0.05) is 0 Å². The molecule has 0 aliphatic carbocycles. The number of nitrogens with zero attached hydrogens (tertiary/aromatic N) is 4. The molecule has 2 rings (SSSR count). The highest BCUT2D eigenvalue weighted by atomic mass is 17.2. The first-order valence-electron chi connectivity index (χ1n) is 7.03. The fraction of sp³-hybridized carbons (Fsp3) is 0.615. The number of aliphatic hydroxyl groups excluding tert-OH is 2. The average Bonchev–Trinajstić information content (AvgIpc) is 3.01. The summed E-state index contributed by atoms with van der Waals surface area (Å²) in [6.07, 6.45) is -0.0504. The molecule has 0 aliphatic heterocycles. The van der Waals surface area contributed by atoms with E-state index >= 15 is 0 Å². The summed E-state index contributed by atoms with van der Waals surface area (Å²) >= 11 is 0. The minimum Gasteiger partial charge on any atom is -0.386 e. The smallest absolute Gasteiger partial charge is 0.167 e. The van der Waals surface area contributed by atoms with Gasteiger partial charge in [-0.05, 0) is 0 Å². The van der Waals surface area contributed by atoms with Crippen LogP contribution in [0.5, 0.6) is 0 Å². The molecule has 3 unspecified atom stereocenters. The minimum absolute atomic E-state index is 0.218. The van der Waals surface area contributed by atoms with Crippen LogP contribution in [-0.2, 0) is 14.5 Å². The van der Waals surface area contributed by atoms with Crippen LogP contribution in [-0.4, -0.2) is 69.8 Å². The highest BCUT2D eigenvalue weighted by Gasteiger charge is 2.29. The van der Waals surface area contributed by atoms with Gasteiger partial charge in [0.05, 0.1) is 26.1 Å². The van der Waals surface area contributed by atoms with E-state index in [9.17, 15) is 10.2 Å². The lowest BCUT2D eigenvalue weighted by molar-refractivity contribution is -0.277. The Morgan fingerprint density at radius 2 is 2.04 bits per heavy atom. The first-order chi connectivity index (χ1) is 11.1. The summed E-state index contributed by atoms with van der Waals surface area (Å²) in [5.74, 6) is 0.534. The van der Waals surface area contributed by atoms with E-state index in [1.165, 1.54) is 31.4 Å². The molecule has 0 radical (unpaired) electrons. The van der Waals surface area contributed by atoms with Crippen LogP contribution in [0.1, 0.15) is 12.6 Å². The number of anilines is 1. The largest absolute Gasteiger partial charge is 0.386 e. The molecule has 23 heavy (non-hydrogen) atoms. The Kier molecular flexibility index (Phi) is 6.19. The van der Waals surface area contributed by atoms with Gasteiger partial charge in [0.2, 0.25) is 0 Å². The van der Waals surface area contributed by atoms with Gasteiger partial charge in [-0.3, -0.25) is 4.57 Å². The molecule has 0 spiro atoms. The van der Waals surface area contributed by atoms with Crippen LogP contribution in [0.3, 0.4) is 0 Å². The van der Waals surface area contributed by atoms with E-state index in [1.807, 2.05) is 0 Å². The van der Waals surface area contributed by atoms with Crippen LogP contribution in [0.15, 0.2) is 12.7 Å². The van der Waals surface area contributed by atoms with Gasteiger partial charge in [-0.2, -0.15) is 0 Å². The third-order valence-electron chi connectivity index (χ3n) is 3.47. The van der Waals surface area contributed by atoms with E-state index in [4.69, 9.17) is 9.62 Å². The first-order valence-corrected chi connectivity index (χ1v) is 7.03. The summed E-state index contributed by atoms with van der Waals surface area (Å²) in [5.41, 5.74) is 0.900. The van der Waals surface area contributed by atoms with Gasteiger partial charge in [0.1, 0.15) is 17.9 Å². The number of aliphatic hydroxyl groups is 2. The van der Waals surface area contributed by atoms with Gasteiger partial charge in [-0.25, -0.2) is 24.7 Å². The molecule has 0 amide bonds. The lowest BCUT2D eigenvalue weighted by Gasteiger charge is -2.26. The van der Waals surface area contributed by atoms with Crippen LogP contribution in [0.25, 0.3) is 11.2 Å². The molecule has 0 saturated carbocycles. The normalized spacial score (nSPS) is 15.5. The molecule has 0 saturated heterocycles. The molecular weight excluding hydrogens is 306 g/mol. The topological polar surface area (TPSA) is 124 Å². The van der Waals surface area contributed by atoms with Crippen molar-refractivity contribution in [2.75, 3.05) is 33.2 Å². The van der Waals surface area contributed by atoms with Crippen molar-refractivity contribution in [1.82, 2.24) is 19.5 Å². The van der Waals surface area contributed by atoms with Gasteiger partial charge < -0.3 is 20.3 Å². The van der Waals surface area contributed by atoms with Crippen molar-refractivity contribution in [3.05, 3.63) is 12.7 Å². The van der Waals surface area contributed by atoms with Crippen LogP contribution < -0.4 is 5.32 Å². The van der Waals surface area contributed by atoms with Crippen LogP contribution in [0, 0.1) is 0 Å². The Labute approximate surface area is 133 Å². The summed E-state index contributed by atoms with van der Waals surface area (Å²) < 4.78 is 6.58. The van der Waals surface area contributed by atoms with Gasteiger partial charge in [0.15, 0.2) is 17.7 Å². The van der Waals surface area contributed by atoms with Crippen LogP contribution in [0.4, 0.5) is 5.82 Å². The molecule has 10 heteroatoms. The Hall–Kier alpha value is -1.85. The number of hydrogen-bond donors (Lipinski definition) is 3. The van der Waals surface area contributed by atoms with Crippen molar-refractivity contribution in [3.8, 4) is 0 Å². The molecule has 3 atom stereocenters. The molecule has 10 nitrogen and oxygen atoms in total. The molecule has 2 aromatic heterocycles. The second-order valence-corrected chi connectivity index (χ2v) is 4.75. The summed E-state index contributed by atoms with van der Waals surface area (Å²) in [7, 11) is 4.55. The number of rotatable bonds is 9. The van der Waals surface area contributed by atoms with Gasteiger partial charge in [0.25, 0.3) is 0 Å². The maximum absolute atomic E-state index is 10.4. The first kappa shape index (κ1) is 17.5. The average molecular weight is 327 g/mol. The SMILES string of the molecule is CNc1ncnc2c1ncn2C(O)C(O)C(CCOOC)OC. The Bertz CT molecular complexity index is 622. The van der Waals surface area contributed by atoms with Crippen LogP contribution >= 0.6 is 0 Å². The predicted molar refractivity (Wildman–Crippen MR) is 80.5 cm³/mol. The van der Waals surface area contributed by atoms with E-state index in [0.717, 1.165) is 0 Å². The monoisotopic (exact) mass is 327 g/mol. The molecule has 0 fully saturated rings. The molecule has 0 bridgehead atoms. The lowest BCUT2D eigenvalue weighted by Crippen LogP contribution is -2.37. The van der Waals surface area contributed by atoms with Crippen molar-refractivity contribution in [1.29, 1.82) is 0 Å². The number of fused-ring (bicyclic) bond motifs is 1. The number of hydrogen-bond acceptors (Lipinski definition) is 9. The van der Waals surface area contributed by atoms with Crippen molar-refractivity contribution < 1.29 is 24.7 Å². The summed E-state index contributed by atoms with van der Waals surface area (Å²) in [6, 6.07) is 0. The second kappa shape index (κ2) is 8.13. The lowest BCUT2D eigenvalue weighted by atomic mass is 10.1. The number of ether oxygens (including phenoxy) is 1. The van der Waals surface area contributed by atoms with E-state index in [-0.39, 0.29) is 6.61 Å². The minimum atomic E-state index is -1.29. The zero-order valence-corrected chi connectivity index (χ0v) is 13.2. The third kappa shape index (κ3) is 3.74. The molecule has 3 N–H and O–H groups in total. The quantitative estimate of drug-likeness (QED) is 0.323. The third-order valence-corrected chi connectivity index (χ3v) is 3.47. The number of methoxy groups -OCH3 is 1. The number of nitrogens with one attached hydrogen (secondary N) is 1. The Balaban J connectivity index is 2.20. The zero-order valence-electron chi connectivity index (χ0n) is 13.2. The van der Waals surface area contributed by atoms with E-state index < -0.39 is 18.4 Å². The number of aromatic nitrogens is 4. The number of imidazole rings is 1. The maximum Gasteiger partial charge on any atom is 0.167 e. The maximum atomic E-state index is 10.4. The van der Waals surface area contributed by atoms with E-state index in [0.29, 0.717) is 23.4 Å². The molecule has 2 aromatic rings. The van der Waals surface area contributed by atoms with Crippen molar-refractivity contribution in [2.24, 2.45) is 0 Å². The highest BCUT2D eigenvalue weighted by molar-refractivity contribution is 5.82.